The Kier molecular flexibility index (Phi) is 10.7. The quantitative estimate of drug-likeness (QED) is 0.435. The van der Waals surface area contributed by atoms with Crippen LogP contribution in [0.4, 0.5) is 0 Å². The molecule has 1 aliphatic carbocycles. The second-order valence-electron chi connectivity index (χ2n) is 12.3. The first-order valence-electron chi connectivity index (χ1n) is 15.9. The van der Waals surface area contributed by atoms with Gasteiger partial charge in [-0.2, -0.15) is 0 Å². The number of carbonyl (C=O) groups is 3. The number of rotatable bonds is 4. The molecular weight excluding hydrogens is 544 g/mol. The summed E-state index contributed by atoms with van der Waals surface area (Å²) in [5, 5.41) is 19.7. The molecule has 2 heterocycles. The number of carbonyl (C=O) groups excluding carboxylic acids is 3. The summed E-state index contributed by atoms with van der Waals surface area (Å²) in [7, 11) is 1.57. The molecule has 9 heteroatoms. The molecule has 2 bridgehead atoms. The monoisotopic (exact) mass is 590 g/mol. The summed E-state index contributed by atoms with van der Waals surface area (Å²) in [6.45, 7) is 0.426. The van der Waals surface area contributed by atoms with Crippen LogP contribution in [0.3, 0.4) is 0 Å². The van der Waals surface area contributed by atoms with Crippen molar-refractivity contribution in [3.8, 4) is 5.75 Å². The van der Waals surface area contributed by atoms with Gasteiger partial charge in [-0.3, -0.25) is 14.4 Å². The van der Waals surface area contributed by atoms with E-state index in [4.69, 9.17) is 4.74 Å². The van der Waals surface area contributed by atoms with Crippen molar-refractivity contribution >= 4 is 17.7 Å². The molecule has 0 aromatic heterocycles. The zero-order valence-corrected chi connectivity index (χ0v) is 25.2. The van der Waals surface area contributed by atoms with E-state index in [0.717, 1.165) is 74.7 Å². The number of amides is 3. The van der Waals surface area contributed by atoms with E-state index in [1.807, 2.05) is 30.3 Å². The molecule has 2 aliphatic heterocycles. The van der Waals surface area contributed by atoms with E-state index in [2.05, 4.69) is 34.1 Å². The molecule has 43 heavy (non-hydrogen) atoms. The van der Waals surface area contributed by atoms with Crippen molar-refractivity contribution in [3.63, 3.8) is 0 Å². The van der Waals surface area contributed by atoms with E-state index in [1.54, 1.807) is 7.05 Å². The topological polar surface area (TPSA) is 120 Å². The third-order valence-corrected chi connectivity index (χ3v) is 9.28. The van der Waals surface area contributed by atoms with E-state index in [1.165, 1.54) is 10.5 Å². The Morgan fingerprint density at radius 3 is 2.37 bits per heavy atom. The van der Waals surface area contributed by atoms with Crippen molar-refractivity contribution in [1.82, 2.24) is 20.9 Å². The van der Waals surface area contributed by atoms with Gasteiger partial charge in [-0.1, -0.05) is 67.8 Å². The van der Waals surface area contributed by atoms with Gasteiger partial charge in [-0.25, -0.2) is 0 Å². The van der Waals surface area contributed by atoms with Gasteiger partial charge in [0.15, 0.2) is 0 Å². The van der Waals surface area contributed by atoms with Crippen molar-refractivity contribution in [2.75, 3.05) is 26.7 Å². The maximum atomic E-state index is 14.0. The Balaban J connectivity index is 1.43. The average Bonchev–Trinajstić information content (AvgIpc) is 3.03. The van der Waals surface area contributed by atoms with Crippen LogP contribution in [-0.2, 0) is 33.6 Å². The Labute approximate surface area is 254 Å². The van der Waals surface area contributed by atoms with Gasteiger partial charge in [0.25, 0.3) is 0 Å². The lowest BCUT2D eigenvalue weighted by atomic mass is 9.83. The first-order valence-corrected chi connectivity index (χ1v) is 15.9. The fourth-order valence-corrected chi connectivity index (χ4v) is 6.75. The molecule has 232 valence electrons. The maximum Gasteiger partial charge on any atom is 0.245 e. The molecule has 4 atom stereocenters. The standard InChI is InChI=1S/C34H46N4O5/c1-38-29(22-39)33(41)37-28(20-23-10-4-2-5-11-23)32(40)35-19-9-16-25-14-8-15-26-17-18-27(43-31(25)26)21-36-30(34(38)42)24-12-6-3-7-13-24/h2,4-5,8,10-11,14-15,24,27-30,36,39H,3,6-7,9,12-13,16-22H2,1H3,(H,35,40)(H,37,41)/t27?,28-,29+,30+/m1/s1. The Morgan fingerprint density at radius 2 is 1.63 bits per heavy atom. The lowest BCUT2D eigenvalue weighted by Crippen LogP contribution is -2.60. The van der Waals surface area contributed by atoms with E-state index >= 15 is 0 Å². The van der Waals surface area contributed by atoms with Crippen LogP contribution in [0.2, 0.25) is 0 Å². The fraction of sp³-hybridized carbons (Fsp3) is 0.559. The van der Waals surface area contributed by atoms with Crippen LogP contribution in [0, 0.1) is 5.92 Å². The molecule has 1 unspecified atom stereocenters. The number of nitrogens with zero attached hydrogens (tertiary/aromatic N) is 1. The number of para-hydroxylation sites is 1. The Hall–Kier alpha value is -3.43. The minimum absolute atomic E-state index is 0.0767. The van der Waals surface area contributed by atoms with Gasteiger partial charge in [0.1, 0.15) is 23.9 Å². The van der Waals surface area contributed by atoms with Gasteiger partial charge >= 0.3 is 0 Å². The van der Waals surface area contributed by atoms with Crippen LogP contribution in [0.15, 0.2) is 48.5 Å². The normalized spacial score (nSPS) is 26.5. The molecule has 2 aromatic carbocycles. The lowest BCUT2D eigenvalue weighted by Gasteiger charge is -2.37. The largest absolute Gasteiger partial charge is 0.489 e. The van der Waals surface area contributed by atoms with E-state index < -0.39 is 30.6 Å². The predicted octanol–water partition coefficient (Wildman–Crippen LogP) is 2.53. The first kappa shape index (κ1) is 31.0. The van der Waals surface area contributed by atoms with E-state index in [9.17, 15) is 19.5 Å². The number of aryl methyl sites for hydroxylation is 2. The smallest absolute Gasteiger partial charge is 0.245 e. The van der Waals surface area contributed by atoms with Crippen molar-refractivity contribution in [1.29, 1.82) is 0 Å². The third-order valence-electron chi connectivity index (χ3n) is 9.28. The summed E-state index contributed by atoms with van der Waals surface area (Å²) >= 11 is 0. The molecule has 4 N–H and O–H groups in total. The van der Waals surface area contributed by atoms with Crippen LogP contribution < -0.4 is 20.7 Å². The Bertz CT molecular complexity index is 1250. The molecule has 3 aliphatic rings. The van der Waals surface area contributed by atoms with Crippen LogP contribution in [0.1, 0.15) is 61.6 Å². The van der Waals surface area contributed by atoms with Gasteiger partial charge in [0.2, 0.25) is 17.7 Å². The summed E-state index contributed by atoms with van der Waals surface area (Å²) in [6.07, 6.45) is 8.61. The van der Waals surface area contributed by atoms with Crippen molar-refractivity contribution < 1.29 is 24.2 Å². The summed E-state index contributed by atoms with van der Waals surface area (Å²) in [6, 6.07) is 13.3. The molecule has 1 fully saturated rings. The van der Waals surface area contributed by atoms with Crippen LogP contribution in [0.25, 0.3) is 0 Å². The van der Waals surface area contributed by atoms with E-state index in [0.29, 0.717) is 19.5 Å². The highest BCUT2D eigenvalue weighted by atomic mass is 16.5. The van der Waals surface area contributed by atoms with Crippen molar-refractivity contribution in [3.05, 3.63) is 65.2 Å². The molecule has 1 saturated carbocycles. The molecule has 2 aromatic rings. The van der Waals surface area contributed by atoms with Crippen LogP contribution in [-0.4, -0.2) is 78.7 Å². The summed E-state index contributed by atoms with van der Waals surface area (Å²) in [5.74, 6) is 0.00953. The average molecular weight is 591 g/mol. The molecule has 0 radical (unpaired) electrons. The number of hydrogen-bond acceptors (Lipinski definition) is 6. The minimum atomic E-state index is -1.12. The highest BCUT2D eigenvalue weighted by Crippen LogP contribution is 2.33. The number of ether oxygens (including phenoxy) is 1. The second-order valence-corrected chi connectivity index (χ2v) is 12.3. The van der Waals surface area contributed by atoms with Crippen LogP contribution >= 0.6 is 0 Å². The van der Waals surface area contributed by atoms with Crippen molar-refractivity contribution in [2.24, 2.45) is 5.92 Å². The molecule has 5 rings (SSSR count). The van der Waals surface area contributed by atoms with Gasteiger partial charge in [0, 0.05) is 26.6 Å². The third kappa shape index (κ3) is 7.75. The molecule has 3 amide bonds. The number of hydrogen-bond donors (Lipinski definition) is 4. The van der Waals surface area contributed by atoms with Gasteiger partial charge in [0.05, 0.1) is 12.6 Å². The summed E-state index contributed by atoms with van der Waals surface area (Å²) < 4.78 is 6.54. The van der Waals surface area contributed by atoms with Gasteiger partial charge in [-0.05, 0) is 61.1 Å². The summed E-state index contributed by atoms with van der Waals surface area (Å²) in [4.78, 5) is 42.4. The Morgan fingerprint density at radius 1 is 0.884 bits per heavy atom. The number of fused-ring (bicyclic) bond motifs is 1. The SMILES string of the molecule is CN1C(=O)[C@H](C2CCCCC2)NCC2CCc3cccc(c3O2)CCCNC(=O)[C@@H](Cc2ccccc2)NC(=O)[C@@H]1CO. The molecular formula is C34H46N4O5. The lowest BCUT2D eigenvalue weighted by molar-refractivity contribution is -0.144. The van der Waals surface area contributed by atoms with Crippen LogP contribution in [0.5, 0.6) is 5.75 Å². The number of aliphatic hydroxyl groups excluding tert-OH is 1. The van der Waals surface area contributed by atoms with E-state index in [-0.39, 0.29) is 23.8 Å². The molecule has 0 spiro atoms. The zero-order chi connectivity index (χ0) is 30.2. The number of nitrogens with one attached hydrogen (secondary N) is 3. The zero-order valence-electron chi connectivity index (χ0n) is 25.2. The second kappa shape index (κ2) is 14.8. The number of benzene rings is 2. The van der Waals surface area contributed by atoms with Gasteiger partial charge < -0.3 is 30.7 Å². The van der Waals surface area contributed by atoms with Gasteiger partial charge in [-0.15, -0.1) is 0 Å². The predicted molar refractivity (Wildman–Crippen MR) is 165 cm³/mol. The maximum absolute atomic E-state index is 14.0. The van der Waals surface area contributed by atoms with Crippen molar-refractivity contribution in [2.45, 2.75) is 88.4 Å². The first-order chi connectivity index (χ1) is 20.9. The number of aliphatic hydroxyl groups is 1. The highest BCUT2D eigenvalue weighted by Gasteiger charge is 2.37. The highest BCUT2D eigenvalue weighted by molar-refractivity contribution is 5.93. The molecule has 9 nitrogen and oxygen atoms in total. The molecule has 0 saturated heterocycles. The fourth-order valence-electron chi connectivity index (χ4n) is 6.75. The number of likely N-dealkylation sites (N-methyl/N-ethyl adjacent to an activating group) is 1. The summed E-state index contributed by atoms with van der Waals surface area (Å²) in [5.41, 5.74) is 3.22. The minimum Gasteiger partial charge on any atom is -0.489 e.